The number of aromatic nitrogens is 5. The van der Waals surface area contributed by atoms with Gasteiger partial charge in [-0.2, -0.15) is 5.10 Å². The molecule has 0 radical (unpaired) electrons. The minimum atomic E-state index is -0.243. The van der Waals surface area contributed by atoms with E-state index in [4.69, 9.17) is 0 Å². The third-order valence-corrected chi connectivity index (χ3v) is 1.91. The van der Waals surface area contributed by atoms with E-state index in [1.54, 1.807) is 4.68 Å². The highest BCUT2D eigenvalue weighted by atomic mass is 16.1. The van der Waals surface area contributed by atoms with Crippen LogP contribution in [0.1, 0.15) is 12.6 Å². The summed E-state index contributed by atoms with van der Waals surface area (Å²) >= 11 is 0. The second kappa shape index (κ2) is 2.65. The van der Waals surface area contributed by atoms with E-state index in [2.05, 4.69) is 20.5 Å². The molecule has 0 fully saturated rings. The first-order valence-electron chi connectivity index (χ1n) is 4.02. The second-order valence-electron chi connectivity index (χ2n) is 2.74. The third-order valence-electron chi connectivity index (χ3n) is 1.91. The number of nitrogens with one attached hydrogen (secondary N) is 1. The van der Waals surface area contributed by atoms with Crippen molar-refractivity contribution in [1.29, 1.82) is 0 Å². The van der Waals surface area contributed by atoms with Crippen LogP contribution in [0.5, 0.6) is 0 Å². The van der Waals surface area contributed by atoms with E-state index in [-0.39, 0.29) is 5.56 Å². The number of rotatable bonds is 1. The molecule has 0 saturated carbocycles. The van der Waals surface area contributed by atoms with Gasteiger partial charge >= 0.3 is 0 Å². The van der Waals surface area contributed by atoms with Gasteiger partial charge in [0, 0.05) is 6.54 Å². The van der Waals surface area contributed by atoms with Gasteiger partial charge in [-0.25, -0.2) is 5.10 Å². The summed E-state index contributed by atoms with van der Waals surface area (Å²) < 4.78 is 1.62. The molecule has 0 bridgehead atoms. The smallest absolute Gasteiger partial charge is 0.265 e. The molecule has 0 aliphatic carbocycles. The fourth-order valence-electron chi connectivity index (χ4n) is 1.32. The Bertz CT molecular complexity index is 497. The lowest BCUT2D eigenvalue weighted by Crippen LogP contribution is -2.13. The molecular weight excluding hydrogens is 170 g/mol. The van der Waals surface area contributed by atoms with E-state index in [1.165, 1.54) is 0 Å². The van der Waals surface area contributed by atoms with Gasteiger partial charge in [0.15, 0.2) is 5.52 Å². The van der Waals surface area contributed by atoms with Gasteiger partial charge in [0.25, 0.3) is 5.56 Å². The van der Waals surface area contributed by atoms with Crippen LogP contribution in [0.25, 0.3) is 11.0 Å². The molecule has 6 heteroatoms. The quantitative estimate of drug-likeness (QED) is 0.660. The Labute approximate surface area is 73.6 Å². The summed E-state index contributed by atoms with van der Waals surface area (Å²) in [5, 5.41) is 13.7. The summed E-state index contributed by atoms with van der Waals surface area (Å²) in [5.41, 5.74) is 1.56. The largest absolute Gasteiger partial charge is 0.293 e. The normalized spacial score (nSPS) is 10.9. The lowest BCUT2D eigenvalue weighted by atomic mass is 10.4. The Balaban J connectivity index is 2.97. The van der Waals surface area contributed by atoms with E-state index in [1.807, 2.05) is 13.8 Å². The van der Waals surface area contributed by atoms with Gasteiger partial charge in [0.1, 0.15) is 5.52 Å². The number of H-pyrrole nitrogens is 1. The van der Waals surface area contributed by atoms with Gasteiger partial charge in [-0.15, -0.1) is 5.10 Å². The minimum absolute atomic E-state index is 0.243. The van der Waals surface area contributed by atoms with E-state index in [0.29, 0.717) is 17.6 Å². The number of hydrogen-bond donors (Lipinski definition) is 1. The number of aryl methyl sites for hydroxylation is 2. The molecule has 2 heterocycles. The number of aromatic amines is 1. The van der Waals surface area contributed by atoms with Crippen LogP contribution in [0, 0.1) is 6.92 Å². The molecule has 0 atom stereocenters. The zero-order valence-corrected chi connectivity index (χ0v) is 7.40. The average Bonchev–Trinajstić information content (AvgIpc) is 2.45. The zero-order chi connectivity index (χ0) is 9.42. The number of nitrogens with zero attached hydrogens (tertiary/aromatic N) is 4. The van der Waals surface area contributed by atoms with Crippen LogP contribution in [0.3, 0.4) is 0 Å². The maximum Gasteiger partial charge on any atom is 0.293 e. The number of hydrogen-bond acceptors (Lipinski definition) is 4. The van der Waals surface area contributed by atoms with Crippen LogP contribution in [0.15, 0.2) is 4.79 Å². The van der Waals surface area contributed by atoms with Crippen LogP contribution in [0.2, 0.25) is 0 Å². The Kier molecular flexibility index (Phi) is 1.61. The molecule has 0 spiro atoms. The van der Waals surface area contributed by atoms with Crippen molar-refractivity contribution in [2.75, 3.05) is 0 Å². The van der Waals surface area contributed by atoms with Crippen molar-refractivity contribution >= 4 is 11.0 Å². The van der Waals surface area contributed by atoms with Crippen molar-refractivity contribution in [2.24, 2.45) is 0 Å². The summed E-state index contributed by atoms with van der Waals surface area (Å²) in [6, 6.07) is 0. The van der Waals surface area contributed by atoms with Crippen molar-refractivity contribution in [3.05, 3.63) is 16.0 Å². The van der Waals surface area contributed by atoms with Crippen molar-refractivity contribution in [3.63, 3.8) is 0 Å². The zero-order valence-electron chi connectivity index (χ0n) is 7.40. The maximum absolute atomic E-state index is 11.4. The topological polar surface area (TPSA) is 76.5 Å². The van der Waals surface area contributed by atoms with E-state index >= 15 is 0 Å². The van der Waals surface area contributed by atoms with E-state index in [9.17, 15) is 4.79 Å². The van der Waals surface area contributed by atoms with Crippen molar-refractivity contribution in [1.82, 2.24) is 25.2 Å². The summed E-state index contributed by atoms with van der Waals surface area (Å²) in [7, 11) is 0. The fraction of sp³-hybridized carbons (Fsp3) is 0.429. The molecule has 2 aromatic rings. The molecule has 68 valence electrons. The molecule has 6 nitrogen and oxygen atoms in total. The van der Waals surface area contributed by atoms with Crippen molar-refractivity contribution in [3.8, 4) is 0 Å². The molecule has 2 aromatic heterocycles. The molecule has 13 heavy (non-hydrogen) atoms. The van der Waals surface area contributed by atoms with E-state index in [0.717, 1.165) is 5.69 Å². The lowest BCUT2D eigenvalue weighted by molar-refractivity contribution is 0.672. The Hall–Kier alpha value is -1.72. The first kappa shape index (κ1) is 7.90. The van der Waals surface area contributed by atoms with Crippen LogP contribution in [0.4, 0.5) is 0 Å². The predicted octanol–water partition coefficient (Wildman–Crippen LogP) is -0.157. The molecule has 0 aromatic carbocycles. The Morgan fingerprint density at radius 1 is 1.54 bits per heavy atom. The summed E-state index contributed by atoms with van der Waals surface area (Å²) in [4.78, 5) is 11.4. The first-order chi connectivity index (χ1) is 6.24. The summed E-state index contributed by atoms with van der Waals surface area (Å²) in [6.07, 6.45) is 0. The van der Waals surface area contributed by atoms with Crippen LogP contribution in [-0.2, 0) is 6.54 Å². The monoisotopic (exact) mass is 179 g/mol. The molecule has 0 aliphatic heterocycles. The Morgan fingerprint density at radius 2 is 2.31 bits per heavy atom. The van der Waals surface area contributed by atoms with Crippen LogP contribution < -0.4 is 5.56 Å². The minimum Gasteiger partial charge on any atom is -0.265 e. The highest BCUT2D eigenvalue weighted by Crippen LogP contribution is 2.08. The third kappa shape index (κ3) is 1.02. The summed E-state index contributed by atoms with van der Waals surface area (Å²) in [6.45, 7) is 4.38. The van der Waals surface area contributed by atoms with Gasteiger partial charge in [0.05, 0.1) is 5.69 Å². The highest BCUT2D eigenvalue weighted by Gasteiger charge is 2.10. The second-order valence-corrected chi connectivity index (χ2v) is 2.74. The van der Waals surface area contributed by atoms with Gasteiger partial charge in [0.2, 0.25) is 0 Å². The van der Waals surface area contributed by atoms with Crippen LogP contribution in [-0.4, -0.2) is 25.2 Å². The standard InChI is InChI=1S/C7H9N5O/c1-3-12-6-5(4(2)10-12)8-11-9-7(6)13/h3H2,1-2H3,(H,8,9,13). The first-order valence-corrected chi connectivity index (χ1v) is 4.02. The molecule has 0 aliphatic rings. The van der Waals surface area contributed by atoms with Gasteiger partial charge < -0.3 is 0 Å². The lowest BCUT2D eigenvalue weighted by Gasteiger charge is -1.93. The molecule has 0 saturated heterocycles. The van der Waals surface area contributed by atoms with Crippen molar-refractivity contribution < 1.29 is 0 Å². The SMILES string of the molecule is CCn1nc(C)c2nn[nH]c(=O)c21. The summed E-state index contributed by atoms with van der Waals surface area (Å²) in [5.74, 6) is 0. The molecule has 1 N–H and O–H groups in total. The van der Waals surface area contributed by atoms with E-state index < -0.39 is 0 Å². The predicted molar refractivity (Wildman–Crippen MR) is 46.4 cm³/mol. The van der Waals surface area contributed by atoms with Crippen LogP contribution >= 0.6 is 0 Å². The van der Waals surface area contributed by atoms with Crippen molar-refractivity contribution in [2.45, 2.75) is 20.4 Å². The maximum atomic E-state index is 11.4. The Morgan fingerprint density at radius 3 is 3.00 bits per heavy atom. The van der Waals surface area contributed by atoms with Gasteiger partial charge in [-0.1, -0.05) is 5.21 Å². The van der Waals surface area contributed by atoms with Gasteiger partial charge in [-0.3, -0.25) is 9.48 Å². The number of fused-ring (bicyclic) bond motifs is 1. The molecular formula is C7H9N5O. The highest BCUT2D eigenvalue weighted by molar-refractivity contribution is 5.75. The molecule has 2 rings (SSSR count). The fourth-order valence-corrected chi connectivity index (χ4v) is 1.32. The average molecular weight is 179 g/mol. The van der Waals surface area contributed by atoms with Gasteiger partial charge in [-0.05, 0) is 13.8 Å². The molecule has 0 amide bonds. The molecule has 0 unspecified atom stereocenters.